The largest absolute Gasteiger partial charge is 0.376 e. The number of morpholine rings is 1. The maximum Gasteiger partial charge on any atom is 0.0674 e. The van der Waals surface area contributed by atoms with E-state index in [4.69, 9.17) is 10.5 Å². The van der Waals surface area contributed by atoms with E-state index in [0.29, 0.717) is 24.1 Å². The van der Waals surface area contributed by atoms with E-state index in [0.717, 1.165) is 26.1 Å². The molecule has 0 aromatic rings. The first kappa shape index (κ1) is 13.9. The zero-order valence-corrected chi connectivity index (χ0v) is 11.3. The quantitative estimate of drug-likeness (QED) is 0.780. The van der Waals surface area contributed by atoms with Crippen LogP contribution in [0.15, 0.2) is 0 Å². The normalized spacial score (nSPS) is 29.6. The second kappa shape index (κ2) is 6.58. The van der Waals surface area contributed by atoms with Crippen LogP contribution in [0.1, 0.15) is 40.5 Å². The minimum atomic E-state index is 0.351. The average Bonchev–Trinajstić information content (AvgIpc) is 2.25. The van der Waals surface area contributed by atoms with Crippen LogP contribution >= 0.6 is 0 Å². The van der Waals surface area contributed by atoms with E-state index in [1.807, 2.05) is 0 Å². The first-order valence-corrected chi connectivity index (χ1v) is 6.65. The fourth-order valence-electron chi connectivity index (χ4n) is 2.58. The van der Waals surface area contributed by atoms with Gasteiger partial charge < -0.3 is 10.5 Å². The molecule has 0 spiro atoms. The van der Waals surface area contributed by atoms with Crippen molar-refractivity contribution in [3.63, 3.8) is 0 Å². The van der Waals surface area contributed by atoms with Crippen molar-refractivity contribution in [1.82, 2.24) is 4.90 Å². The lowest BCUT2D eigenvalue weighted by atomic mass is 9.99. The van der Waals surface area contributed by atoms with Crippen molar-refractivity contribution in [2.75, 3.05) is 19.7 Å². The van der Waals surface area contributed by atoms with Crippen LogP contribution in [0, 0.1) is 5.92 Å². The molecule has 0 aromatic heterocycles. The Morgan fingerprint density at radius 3 is 2.62 bits per heavy atom. The van der Waals surface area contributed by atoms with Crippen molar-refractivity contribution in [3.8, 4) is 0 Å². The molecule has 1 fully saturated rings. The van der Waals surface area contributed by atoms with E-state index in [-0.39, 0.29) is 0 Å². The molecule has 1 saturated heterocycles. The lowest BCUT2D eigenvalue weighted by Crippen LogP contribution is -2.55. The average molecular weight is 228 g/mol. The molecule has 0 aliphatic carbocycles. The van der Waals surface area contributed by atoms with Crippen molar-refractivity contribution < 1.29 is 4.74 Å². The van der Waals surface area contributed by atoms with Gasteiger partial charge in [0.15, 0.2) is 0 Å². The molecule has 0 bridgehead atoms. The lowest BCUT2D eigenvalue weighted by Gasteiger charge is -2.43. The molecule has 0 radical (unpaired) electrons. The van der Waals surface area contributed by atoms with E-state index in [2.05, 4.69) is 32.6 Å². The van der Waals surface area contributed by atoms with Crippen molar-refractivity contribution in [2.45, 2.75) is 58.7 Å². The van der Waals surface area contributed by atoms with E-state index in [9.17, 15) is 0 Å². The second-order valence-corrected chi connectivity index (χ2v) is 5.42. The molecule has 0 amide bonds. The molecule has 96 valence electrons. The van der Waals surface area contributed by atoms with Gasteiger partial charge in [0, 0.05) is 25.2 Å². The van der Waals surface area contributed by atoms with Crippen LogP contribution in [-0.4, -0.2) is 42.8 Å². The van der Waals surface area contributed by atoms with Crippen LogP contribution < -0.4 is 5.73 Å². The Bertz CT molecular complexity index is 196. The molecule has 2 N–H and O–H groups in total. The third-order valence-corrected chi connectivity index (χ3v) is 3.47. The summed E-state index contributed by atoms with van der Waals surface area (Å²) in [5, 5.41) is 0. The fourth-order valence-corrected chi connectivity index (χ4v) is 2.58. The standard InChI is InChI=1S/C13H28N2O/c1-5-12-9-16-11(4)8-15(12)13(7-14)6-10(2)3/h10-13H,5-9,14H2,1-4H3. The van der Waals surface area contributed by atoms with Gasteiger partial charge in [-0.15, -0.1) is 0 Å². The highest BCUT2D eigenvalue weighted by Crippen LogP contribution is 2.20. The van der Waals surface area contributed by atoms with Crippen molar-refractivity contribution in [2.24, 2.45) is 11.7 Å². The minimum absolute atomic E-state index is 0.351. The molecule has 0 saturated carbocycles. The van der Waals surface area contributed by atoms with Gasteiger partial charge in [0.2, 0.25) is 0 Å². The first-order chi connectivity index (χ1) is 7.58. The van der Waals surface area contributed by atoms with E-state index in [1.165, 1.54) is 6.42 Å². The highest BCUT2D eigenvalue weighted by Gasteiger charge is 2.30. The number of ether oxygens (including phenoxy) is 1. The summed E-state index contributed by atoms with van der Waals surface area (Å²) in [6, 6.07) is 1.08. The zero-order chi connectivity index (χ0) is 12.1. The summed E-state index contributed by atoms with van der Waals surface area (Å²) in [5.41, 5.74) is 5.93. The SMILES string of the molecule is CCC1COC(C)CN1C(CN)CC(C)C. The summed E-state index contributed by atoms with van der Waals surface area (Å²) in [7, 11) is 0. The molecule has 1 aliphatic rings. The van der Waals surface area contributed by atoms with Gasteiger partial charge in [-0.3, -0.25) is 4.90 Å². The topological polar surface area (TPSA) is 38.5 Å². The van der Waals surface area contributed by atoms with Crippen molar-refractivity contribution in [1.29, 1.82) is 0 Å². The van der Waals surface area contributed by atoms with Gasteiger partial charge in [-0.05, 0) is 25.7 Å². The van der Waals surface area contributed by atoms with Gasteiger partial charge in [0.25, 0.3) is 0 Å². The molecule has 3 unspecified atom stereocenters. The summed E-state index contributed by atoms with van der Waals surface area (Å²) in [6.07, 6.45) is 2.70. The molecule has 3 atom stereocenters. The summed E-state index contributed by atoms with van der Waals surface area (Å²) < 4.78 is 5.73. The lowest BCUT2D eigenvalue weighted by molar-refractivity contribution is -0.0736. The van der Waals surface area contributed by atoms with E-state index < -0.39 is 0 Å². The first-order valence-electron chi connectivity index (χ1n) is 6.65. The van der Waals surface area contributed by atoms with E-state index >= 15 is 0 Å². The van der Waals surface area contributed by atoms with Gasteiger partial charge in [-0.25, -0.2) is 0 Å². The van der Waals surface area contributed by atoms with Crippen molar-refractivity contribution in [3.05, 3.63) is 0 Å². The predicted octanol–water partition coefficient (Wildman–Crippen LogP) is 1.86. The third-order valence-electron chi connectivity index (χ3n) is 3.47. The Morgan fingerprint density at radius 2 is 2.12 bits per heavy atom. The molecular weight excluding hydrogens is 200 g/mol. The van der Waals surface area contributed by atoms with Crippen LogP contribution in [0.5, 0.6) is 0 Å². The number of nitrogens with zero attached hydrogens (tertiary/aromatic N) is 1. The maximum absolute atomic E-state index is 5.93. The molecule has 1 heterocycles. The zero-order valence-electron chi connectivity index (χ0n) is 11.3. The number of hydrogen-bond donors (Lipinski definition) is 1. The smallest absolute Gasteiger partial charge is 0.0674 e. The summed E-state index contributed by atoms with van der Waals surface area (Å²) in [5.74, 6) is 0.712. The highest BCUT2D eigenvalue weighted by molar-refractivity contribution is 4.84. The van der Waals surface area contributed by atoms with Gasteiger partial charge in [0.1, 0.15) is 0 Å². The van der Waals surface area contributed by atoms with Crippen LogP contribution in [0.25, 0.3) is 0 Å². The van der Waals surface area contributed by atoms with Gasteiger partial charge in [-0.1, -0.05) is 20.8 Å². The van der Waals surface area contributed by atoms with Crippen LogP contribution in [0.4, 0.5) is 0 Å². The number of nitrogens with two attached hydrogens (primary N) is 1. The van der Waals surface area contributed by atoms with E-state index in [1.54, 1.807) is 0 Å². The van der Waals surface area contributed by atoms with Gasteiger partial charge in [-0.2, -0.15) is 0 Å². The molecule has 0 aromatic carbocycles. The maximum atomic E-state index is 5.93. The van der Waals surface area contributed by atoms with Crippen molar-refractivity contribution >= 4 is 0 Å². The van der Waals surface area contributed by atoms with Crippen LogP contribution in [-0.2, 0) is 4.74 Å². The van der Waals surface area contributed by atoms with Gasteiger partial charge in [0.05, 0.1) is 12.7 Å². The summed E-state index contributed by atoms with van der Waals surface area (Å²) in [6.45, 7) is 11.6. The highest BCUT2D eigenvalue weighted by atomic mass is 16.5. The second-order valence-electron chi connectivity index (χ2n) is 5.42. The Balaban J connectivity index is 2.63. The predicted molar refractivity (Wildman–Crippen MR) is 68.5 cm³/mol. The van der Waals surface area contributed by atoms with Crippen LogP contribution in [0.2, 0.25) is 0 Å². The number of hydrogen-bond acceptors (Lipinski definition) is 3. The Kier molecular flexibility index (Phi) is 5.73. The minimum Gasteiger partial charge on any atom is -0.376 e. The molecule has 1 rings (SSSR count). The fraction of sp³-hybridized carbons (Fsp3) is 1.00. The Labute approximate surface area is 100 Å². The summed E-state index contributed by atoms with van der Waals surface area (Å²) >= 11 is 0. The Morgan fingerprint density at radius 1 is 1.44 bits per heavy atom. The monoisotopic (exact) mass is 228 g/mol. The number of rotatable bonds is 5. The van der Waals surface area contributed by atoms with Gasteiger partial charge >= 0.3 is 0 Å². The molecule has 16 heavy (non-hydrogen) atoms. The molecule has 3 heteroatoms. The molecule has 3 nitrogen and oxygen atoms in total. The Hall–Kier alpha value is -0.120. The molecular formula is C13H28N2O. The van der Waals surface area contributed by atoms with Crippen LogP contribution in [0.3, 0.4) is 0 Å². The third kappa shape index (κ3) is 3.72. The molecule has 1 aliphatic heterocycles. The summed E-state index contributed by atoms with van der Waals surface area (Å²) in [4.78, 5) is 2.58.